The van der Waals surface area contributed by atoms with Gasteiger partial charge >= 0.3 is 0 Å². The molecule has 0 radical (unpaired) electrons. The van der Waals surface area contributed by atoms with Crippen LogP contribution in [0.15, 0.2) is 29.3 Å². The summed E-state index contributed by atoms with van der Waals surface area (Å²) in [5.41, 5.74) is 0.698. The van der Waals surface area contributed by atoms with Gasteiger partial charge in [-0.1, -0.05) is 12.1 Å². The minimum absolute atomic E-state index is 0. The lowest BCUT2D eigenvalue weighted by atomic mass is 10.1. The number of nitrogens with zero attached hydrogens (tertiary/aromatic N) is 2. The van der Waals surface area contributed by atoms with E-state index >= 15 is 0 Å². The fraction of sp³-hybridized carbons (Fsp3) is 0.529. The van der Waals surface area contributed by atoms with Gasteiger partial charge in [0.2, 0.25) is 5.91 Å². The molecule has 0 heterocycles. The molecule has 0 bridgehead atoms. The van der Waals surface area contributed by atoms with Gasteiger partial charge < -0.3 is 15.5 Å². The van der Waals surface area contributed by atoms with Gasteiger partial charge in [0.25, 0.3) is 0 Å². The van der Waals surface area contributed by atoms with Gasteiger partial charge in [0.05, 0.1) is 0 Å². The van der Waals surface area contributed by atoms with E-state index in [-0.39, 0.29) is 47.8 Å². The Bertz CT molecular complexity index is 541. The van der Waals surface area contributed by atoms with Crippen LogP contribution in [0.2, 0.25) is 0 Å². The highest BCUT2D eigenvalue weighted by Gasteiger charge is 2.14. The molecular weight excluding hydrogens is 422 g/mol. The van der Waals surface area contributed by atoms with Crippen molar-refractivity contribution in [2.24, 2.45) is 4.99 Å². The summed E-state index contributed by atoms with van der Waals surface area (Å²) < 4.78 is 13.0. The Labute approximate surface area is 161 Å². The first-order valence-corrected chi connectivity index (χ1v) is 7.76. The zero-order valence-electron chi connectivity index (χ0n) is 15.0. The summed E-state index contributed by atoms with van der Waals surface area (Å²) in [7, 11) is 1.88. The zero-order chi connectivity index (χ0) is 17.5. The van der Waals surface area contributed by atoms with Crippen molar-refractivity contribution in [1.29, 1.82) is 0 Å². The zero-order valence-corrected chi connectivity index (χ0v) is 17.3. The Morgan fingerprint density at radius 3 is 2.33 bits per heavy atom. The first-order valence-electron chi connectivity index (χ1n) is 7.76. The van der Waals surface area contributed by atoms with Crippen molar-refractivity contribution in [1.82, 2.24) is 15.5 Å². The molecule has 0 aliphatic rings. The van der Waals surface area contributed by atoms with Gasteiger partial charge in [-0.05, 0) is 45.4 Å². The summed E-state index contributed by atoms with van der Waals surface area (Å²) in [6.07, 6.45) is 0. The van der Waals surface area contributed by atoms with E-state index in [1.54, 1.807) is 12.1 Å². The summed E-state index contributed by atoms with van der Waals surface area (Å²) in [4.78, 5) is 18.1. The molecule has 136 valence electrons. The molecule has 0 fully saturated rings. The number of carbonyl (C=O) groups excluding carboxylic acids is 1. The first kappa shape index (κ1) is 22.6. The smallest absolute Gasteiger partial charge is 0.242 e. The molecule has 5 nitrogen and oxygen atoms in total. The van der Waals surface area contributed by atoms with E-state index < -0.39 is 0 Å². The van der Waals surface area contributed by atoms with Crippen LogP contribution in [-0.2, 0) is 11.3 Å². The van der Waals surface area contributed by atoms with Gasteiger partial charge in [-0.15, -0.1) is 24.0 Å². The molecule has 1 aromatic rings. The third kappa shape index (κ3) is 9.05. The van der Waals surface area contributed by atoms with Crippen molar-refractivity contribution in [3.63, 3.8) is 0 Å². The summed E-state index contributed by atoms with van der Waals surface area (Å²) in [5, 5.41) is 6.03. The number of carbonyl (C=O) groups is 1. The van der Waals surface area contributed by atoms with Crippen LogP contribution >= 0.6 is 24.0 Å². The van der Waals surface area contributed by atoms with Crippen LogP contribution in [-0.4, -0.2) is 42.4 Å². The highest BCUT2D eigenvalue weighted by molar-refractivity contribution is 14.0. The first-order chi connectivity index (χ1) is 10.7. The monoisotopic (exact) mass is 450 g/mol. The summed E-state index contributed by atoms with van der Waals surface area (Å²) >= 11 is 0. The maximum atomic E-state index is 13.0. The number of halogens is 2. The third-order valence-electron chi connectivity index (χ3n) is 2.92. The normalized spacial score (nSPS) is 11.5. The number of aliphatic imine (C=N–C) groups is 1. The van der Waals surface area contributed by atoms with Gasteiger partial charge in [0, 0.05) is 25.7 Å². The van der Waals surface area contributed by atoms with Gasteiger partial charge in [-0.25, -0.2) is 9.38 Å². The fourth-order valence-electron chi connectivity index (χ4n) is 2.01. The molecule has 2 N–H and O–H groups in total. The largest absolute Gasteiger partial charge is 0.357 e. The molecule has 0 aliphatic heterocycles. The highest BCUT2D eigenvalue weighted by Crippen LogP contribution is 2.06. The molecule has 24 heavy (non-hydrogen) atoms. The molecule has 1 amide bonds. The minimum atomic E-state index is -0.273. The predicted octanol–water partition coefficient (Wildman–Crippen LogP) is 2.76. The van der Waals surface area contributed by atoms with Crippen LogP contribution in [0.1, 0.15) is 33.3 Å². The standard InChI is InChI=1S/C17H27FN4O.HI/c1-6-19-16(20-11-15(23)21-17(2,3)4)22(5)12-13-7-9-14(18)10-8-13;/h7-10H,6,11-12H2,1-5H3,(H,19,20)(H,21,23);1H. The van der Waals surface area contributed by atoms with Crippen molar-refractivity contribution in [3.8, 4) is 0 Å². The van der Waals surface area contributed by atoms with Crippen LogP contribution < -0.4 is 10.6 Å². The molecule has 0 spiro atoms. The Hall–Kier alpha value is -1.38. The average molecular weight is 450 g/mol. The fourth-order valence-corrected chi connectivity index (χ4v) is 2.01. The summed E-state index contributed by atoms with van der Waals surface area (Å²) in [5.74, 6) is 0.264. The molecule has 7 heteroatoms. The number of nitrogens with one attached hydrogen (secondary N) is 2. The predicted molar refractivity (Wildman–Crippen MR) is 107 cm³/mol. The molecular formula is C17H28FIN4O. The van der Waals surface area contributed by atoms with Gasteiger partial charge in [-0.2, -0.15) is 0 Å². The molecule has 0 unspecified atom stereocenters. The van der Waals surface area contributed by atoms with Crippen molar-refractivity contribution in [3.05, 3.63) is 35.6 Å². The molecule has 0 saturated heterocycles. The van der Waals surface area contributed by atoms with Gasteiger partial charge in [0.1, 0.15) is 12.4 Å². The summed E-state index contributed by atoms with van der Waals surface area (Å²) in [6.45, 7) is 9.10. The molecule has 1 rings (SSSR count). The Kier molecular flexibility index (Phi) is 9.88. The van der Waals surface area contributed by atoms with E-state index in [9.17, 15) is 9.18 Å². The second kappa shape index (κ2) is 10.5. The quantitative estimate of drug-likeness (QED) is 0.412. The molecule has 0 saturated carbocycles. The Balaban J connectivity index is 0.00000529. The summed E-state index contributed by atoms with van der Waals surface area (Å²) in [6, 6.07) is 6.34. The SMILES string of the molecule is CCNC(=NCC(=O)NC(C)(C)C)N(C)Cc1ccc(F)cc1.I. The van der Waals surface area contributed by atoms with E-state index in [0.29, 0.717) is 19.0 Å². The topological polar surface area (TPSA) is 56.7 Å². The minimum Gasteiger partial charge on any atom is -0.357 e. The third-order valence-corrected chi connectivity index (χ3v) is 2.92. The maximum absolute atomic E-state index is 13.0. The second-order valence-electron chi connectivity index (χ2n) is 6.45. The maximum Gasteiger partial charge on any atom is 0.242 e. The van der Waals surface area contributed by atoms with E-state index in [1.807, 2.05) is 39.6 Å². The molecule has 1 aromatic carbocycles. The molecule has 0 aliphatic carbocycles. The van der Waals surface area contributed by atoms with E-state index in [1.165, 1.54) is 12.1 Å². The lowest BCUT2D eigenvalue weighted by Crippen LogP contribution is -2.43. The number of hydrogen-bond donors (Lipinski definition) is 2. The second-order valence-corrected chi connectivity index (χ2v) is 6.45. The van der Waals surface area contributed by atoms with Crippen molar-refractivity contribution in [2.75, 3.05) is 20.1 Å². The number of rotatable bonds is 5. The van der Waals surface area contributed by atoms with E-state index in [0.717, 1.165) is 5.56 Å². The van der Waals surface area contributed by atoms with Crippen LogP contribution in [0.4, 0.5) is 4.39 Å². The lowest BCUT2D eigenvalue weighted by Gasteiger charge is -2.23. The van der Waals surface area contributed by atoms with Crippen LogP contribution in [0.5, 0.6) is 0 Å². The van der Waals surface area contributed by atoms with Crippen molar-refractivity contribution in [2.45, 2.75) is 39.8 Å². The number of benzene rings is 1. The van der Waals surface area contributed by atoms with Crippen LogP contribution in [0.25, 0.3) is 0 Å². The van der Waals surface area contributed by atoms with E-state index in [4.69, 9.17) is 0 Å². The van der Waals surface area contributed by atoms with E-state index in [2.05, 4.69) is 15.6 Å². The van der Waals surface area contributed by atoms with Crippen molar-refractivity contribution < 1.29 is 9.18 Å². The Morgan fingerprint density at radius 2 is 1.83 bits per heavy atom. The Morgan fingerprint density at radius 1 is 1.25 bits per heavy atom. The molecule has 0 atom stereocenters. The molecule has 0 aromatic heterocycles. The number of amides is 1. The van der Waals surface area contributed by atoms with Crippen molar-refractivity contribution >= 4 is 35.8 Å². The van der Waals surface area contributed by atoms with Gasteiger partial charge in [0.15, 0.2) is 5.96 Å². The number of guanidine groups is 1. The average Bonchev–Trinajstić information content (AvgIpc) is 2.44. The highest BCUT2D eigenvalue weighted by atomic mass is 127. The van der Waals surface area contributed by atoms with Crippen LogP contribution in [0.3, 0.4) is 0 Å². The van der Waals surface area contributed by atoms with Gasteiger partial charge in [-0.3, -0.25) is 4.79 Å². The van der Waals surface area contributed by atoms with Crippen LogP contribution in [0, 0.1) is 5.82 Å². The number of hydrogen-bond acceptors (Lipinski definition) is 2. The lowest BCUT2D eigenvalue weighted by molar-refractivity contribution is -0.121.